The highest BCUT2D eigenvalue weighted by atomic mass is 16.5. The first-order valence-electron chi connectivity index (χ1n) is 7.28. The van der Waals surface area contributed by atoms with Gasteiger partial charge in [-0.3, -0.25) is 0 Å². The standard InChI is InChI=1S/C15H28O2/c1-11-7-12(2)9-13(8-11)14(16)10-15(17-3)5-4-6-15/h11-14,16H,4-10H2,1-3H3. The lowest BCUT2D eigenvalue weighted by Gasteiger charge is -2.44. The van der Waals surface area contributed by atoms with E-state index in [0.717, 1.165) is 31.1 Å². The molecule has 0 heterocycles. The van der Waals surface area contributed by atoms with Crippen LogP contribution < -0.4 is 0 Å². The van der Waals surface area contributed by atoms with Gasteiger partial charge in [0, 0.05) is 13.5 Å². The highest BCUT2D eigenvalue weighted by Crippen LogP contribution is 2.42. The van der Waals surface area contributed by atoms with Crippen molar-refractivity contribution in [3.63, 3.8) is 0 Å². The third kappa shape index (κ3) is 3.03. The second-order valence-electron chi connectivity index (χ2n) is 6.69. The van der Waals surface area contributed by atoms with Crippen molar-refractivity contribution in [1.29, 1.82) is 0 Å². The SMILES string of the molecule is COC1(CC(O)C2CC(C)CC(C)C2)CCC1. The summed E-state index contributed by atoms with van der Waals surface area (Å²) in [5, 5.41) is 10.5. The number of hydrogen-bond donors (Lipinski definition) is 1. The minimum Gasteiger partial charge on any atom is -0.393 e. The van der Waals surface area contributed by atoms with E-state index in [2.05, 4.69) is 13.8 Å². The van der Waals surface area contributed by atoms with Gasteiger partial charge in [-0.1, -0.05) is 13.8 Å². The van der Waals surface area contributed by atoms with Crippen molar-refractivity contribution in [2.75, 3.05) is 7.11 Å². The maximum absolute atomic E-state index is 10.5. The lowest BCUT2D eigenvalue weighted by Crippen LogP contribution is -2.44. The predicted octanol–water partition coefficient (Wildman–Crippen LogP) is 3.38. The van der Waals surface area contributed by atoms with Crippen LogP contribution in [0, 0.1) is 17.8 Å². The van der Waals surface area contributed by atoms with E-state index in [1.807, 2.05) is 0 Å². The fourth-order valence-electron chi connectivity index (χ4n) is 3.93. The Kier molecular flexibility index (Phi) is 4.14. The summed E-state index contributed by atoms with van der Waals surface area (Å²) < 4.78 is 5.63. The van der Waals surface area contributed by atoms with Crippen LogP contribution in [0.15, 0.2) is 0 Å². The van der Waals surface area contributed by atoms with Gasteiger partial charge in [-0.05, 0) is 56.3 Å². The first-order chi connectivity index (χ1) is 8.04. The van der Waals surface area contributed by atoms with Gasteiger partial charge in [0.05, 0.1) is 11.7 Å². The summed E-state index contributed by atoms with van der Waals surface area (Å²) in [6.45, 7) is 4.65. The summed E-state index contributed by atoms with van der Waals surface area (Å²) in [6.07, 6.45) is 7.97. The van der Waals surface area contributed by atoms with Gasteiger partial charge in [0.2, 0.25) is 0 Å². The van der Waals surface area contributed by atoms with Crippen LogP contribution in [-0.4, -0.2) is 23.9 Å². The number of aliphatic hydroxyl groups is 1. The zero-order valence-electron chi connectivity index (χ0n) is 11.6. The molecule has 1 N–H and O–H groups in total. The number of ether oxygens (including phenoxy) is 1. The first kappa shape index (κ1) is 13.4. The minimum absolute atomic E-state index is 0.0172. The minimum atomic E-state index is -0.152. The zero-order chi connectivity index (χ0) is 12.5. The molecule has 2 rings (SSSR count). The molecule has 2 nitrogen and oxygen atoms in total. The largest absolute Gasteiger partial charge is 0.393 e. The van der Waals surface area contributed by atoms with Crippen molar-refractivity contribution >= 4 is 0 Å². The van der Waals surface area contributed by atoms with Crippen LogP contribution in [0.5, 0.6) is 0 Å². The molecule has 0 radical (unpaired) electrons. The molecule has 100 valence electrons. The maximum Gasteiger partial charge on any atom is 0.0703 e. The van der Waals surface area contributed by atoms with E-state index < -0.39 is 0 Å². The van der Waals surface area contributed by atoms with Crippen molar-refractivity contribution in [1.82, 2.24) is 0 Å². The van der Waals surface area contributed by atoms with Gasteiger partial charge in [-0.25, -0.2) is 0 Å². The van der Waals surface area contributed by atoms with E-state index in [1.54, 1.807) is 7.11 Å². The van der Waals surface area contributed by atoms with Crippen LogP contribution in [0.3, 0.4) is 0 Å². The van der Waals surface area contributed by atoms with Crippen LogP contribution in [0.1, 0.15) is 58.8 Å². The van der Waals surface area contributed by atoms with Gasteiger partial charge >= 0.3 is 0 Å². The van der Waals surface area contributed by atoms with Crippen molar-refractivity contribution < 1.29 is 9.84 Å². The van der Waals surface area contributed by atoms with Crippen LogP contribution >= 0.6 is 0 Å². The third-order valence-corrected chi connectivity index (χ3v) is 5.04. The van der Waals surface area contributed by atoms with Gasteiger partial charge in [0.15, 0.2) is 0 Å². The molecule has 17 heavy (non-hydrogen) atoms. The number of methoxy groups -OCH3 is 1. The summed E-state index contributed by atoms with van der Waals surface area (Å²) in [5.74, 6) is 2.05. The Hall–Kier alpha value is -0.0800. The maximum atomic E-state index is 10.5. The van der Waals surface area contributed by atoms with Gasteiger partial charge in [-0.15, -0.1) is 0 Å². The van der Waals surface area contributed by atoms with Crippen molar-refractivity contribution in [3.8, 4) is 0 Å². The van der Waals surface area contributed by atoms with Crippen molar-refractivity contribution in [3.05, 3.63) is 0 Å². The Morgan fingerprint density at radius 3 is 2.18 bits per heavy atom. The fourth-order valence-corrected chi connectivity index (χ4v) is 3.93. The molecule has 2 aliphatic carbocycles. The predicted molar refractivity (Wildman–Crippen MR) is 69.9 cm³/mol. The van der Waals surface area contributed by atoms with Gasteiger partial charge in [0.1, 0.15) is 0 Å². The first-order valence-corrected chi connectivity index (χ1v) is 7.28. The van der Waals surface area contributed by atoms with Gasteiger partial charge in [0.25, 0.3) is 0 Å². The van der Waals surface area contributed by atoms with E-state index in [-0.39, 0.29) is 11.7 Å². The van der Waals surface area contributed by atoms with Crippen molar-refractivity contribution in [2.45, 2.75) is 70.5 Å². The summed E-state index contributed by atoms with van der Waals surface area (Å²) in [5.41, 5.74) is 0.0172. The molecule has 2 heteroatoms. The molecule has 3 atom stereocenters. The Bertz CT molecular complexity index is 232. The quantitative estimate of drug-likeness (QED) is 0.816. The average molecular weight is 240 g/mol. The molecule has 0 aliphatic heterocycles. The Morgan fingerprint density at radius 2 is 1.76 bits per heavy atom. The van der Waals surface area contributed by atoms with Crippen LogP contribution in [0.25, 0.3) is 0 Å². The lowest BCUT2D eigenvalue weighted by atomic mass is 9.69. The summed E-state index contributed by atoms with van der Waals surface area (Å²) in [6, 6.07) is 0. The highest BCUT2D eigenvalue weighted by Gasteiger charge is 2.41. The summed E-state index contributed by atoms with van der Waals surface area (Å²) >= 11 is 0. The second-order valence-corrected chi connectivity index (χ2v) is 6.69. The van der Waals surface area contributed by atoms with E-state index in [4.69, 9.17) is 4.74 Å². The zero-order valence-corrected chi connectivity index (χ0v) is 11.6. The molecular weight excluding hydrogens is 212 g/mol. The molecule has 2 saturated carbocycles. The molecule has 0 saturated heterocycles. The Balaban J connectivity index is 1.88. The average Bonchev–Trinajstić information content (AvgIpc) is 2.21. The summed E-state index contributed by atoms with van der Waals surface area (Å²) in [7, 11) is 1.80. The smallest absolute Gasteiger partial charge is 0.0703 e. The number of aliphatic hydroxyl groups excluding tert-OH is 1. The molecule has 0 spiro atoms. The van der Waals surface area contributed by atoms with E-state index >= 15 is 0 Å². The normalized spacial score (nSPS) is 38.5. The molecule has 2 aliphatic rings. The van der Waals surface area contributed by atoms with Crippen molar-refractivity contribution in [2.24, 2.45) is 17.8 Å². The second kappa shape index (κ2) is 5.27. The Labute approximate surface area is 106 Å². The molecule has 0 aromatic rings. The third-order valence-electron chi connectivity index (χ3n) is 5.04. The number of rotatable bonds is 4. The fraction of sp³-hybridized carbons (Fsp3) is 1.00. The highest BCUT2D eigenvalue weighted by molar-refractivity contribution is 4.93. The number of hydrogen-bond acceptors (Lipinski definition) is 2. The molecule has 0 amide bonds. The van der Waals surface area contributed by atoms with Gasteiger partial charge < -0.3 is 9.84 Å². The van der Waals surface area contributed by atoms with E-state index in [9.17, 15) is 5.11 Å². The molecular formula is C15H28O2. The molecule has 3 unspecified atom stereocenters. The van der Waals surface area contributed by atoms with Crippen LogP contribution in [0.2, 0.25) is 0 Å². The van der Waals surface area contributed by atoms with Gasteiger partial charge in [-0.2, -0.15) is 0 Å². The summed E-state index contributed by atoms with van der Waals surface area (Å²) in [4.78, 5) is 0. The monoisotopic (exact) mass is 240 g/mol. The van der Waals surface area contributed by atoms with Crippen LogP contribution in [-0.2, 0) is 4.74 Å². The molecule has 0 aromatic heterocycles. The topological polar surface area (TPSA) is 29.5 Å². The molecule has 0 bridgehead atoms. The lowest BCUT2D eigenvalue weighted by molar-refractivity contribution is -0.111. The van der Waals surface area contributed by atoms with E-state index in [0.29, 0.717) is 5.92 Å². The van der Waals surface area contributed by atoms with Crippen LogP contribution in [0.4, 0.5) is 0 Å². The Morgan fingerprint density at radius 1 is 1.18 bits per heavy atom. The van der Waals surface area contributed by atoms with E-state index in [1.165, 1.54) is 25.7 Å². The molecule has 0 aromatic carbocycles. The molecule has 2 fully saturated rings.